The third-order valence-electron chi connectivity index (χ3n) is 3.82. The van der Waals surface area contributed by atoms with Crippen molar-refractivity contribution in [3.05, 3.63) is 0 Å². The number of hydrogen-bond donors (Lipinski definition) is 1. The van der Waals surface area contributed by atoms with Gasteiger partial charge in [0.1, 0.15) is 0 Å². The highest BCUT2D eigenvalue weighted by atomic mass is 16.2. The molecule has 0 saturated carbocycles. The van der Waals surface area contributed by atoms with E-state index in [4.69, 9.17) is 0 Å². The number of hydrazone groups is 1. The Balaban J connectivity index is 2.09. The Kier molecular flexibility index (Phi) is 9.29. The summed E-state index contributed by atoms with van der Waals surface area (Å²) >= 11 is 0. The summed E-state index contributed by atoms with van der Waals surface area (Å²) in [6.45, 7) is 7.76. The SMILES string of the molecule is CCCCCCCC(=O)NN=C1CCN(CCC)CC1. The molecule has 0 aromatic heterocycles. The van der Waals surface area contributed by atoms with Crippen LogP contribution < -0.4 is 5.43 Å². The third kappa shape index (κ3) is 7.63. The maximum Gasteiger partial charge on any atom is 0.240 e. The molecule has 0 radical (unpaired) electrons. The van der Waals surface area contributed by atoms with Crippen LogP contribution in [0.4, 0.5) is 0 Å². The van der Waals surface area contributed by atoms with Crippen molar-refractivity contribution in [2.45, 2.75) is 71.6 Å². The van der Waals surface area contributed by atoms with Crippen molar-refractivity contribution in [2.75, 3.05) is 19.6 Å². The Morgan fingerprint density at radius 1 is 1.10 bits per heavy atom. The number of unbranched alkanes of at least 4 members (excludes halogenated alkanes) is 4. The minimum atomic E-state index is 0.0741. The number of hydrogen-bond acceptors (Lipinski definition) is 3. The Labute approximate surface area is 124 Å². The summed E-state index contributed by atoms with van der Waals surface area (Å²) in [6, 6.07) is 0. The molecular formula is C16H31N3O. The van der Waals surface area contributed by atoms with Crippen LogP contribution in [0, 0.1) is 0 Å². The van der Waals surface area contributed by atoms with Crippen molar-refractivity contribution in [1.82, 2.24) is 10.3 Å². The molecule has 0 aromatic carbocycles. The van der Waals surface area contributed by atoms with E-state index in [-0.39, 0.29) is 5.91 Å². The molecule has 0 atom stereocenters. The van der Waals surface area contributed by atoms with Crippen LogP contribution in [0.3, 0.4) is 0 Å². The van der Waals surface area contributed by atoms with Gasteiger partial charge in [-0.15, -0.1) is 0 Å². The average molecular weight is 281 g/mol. The van der Waals surface area contributed by atoms with Crippen LogP contribution >= 0.6 is 0 Å². The first-order chi connectivity index (χ1) is 9.76. The van der Waals surface area contributed by atoms with Gasteiger partial charge in [0.05, 0.1) is 0 Å². The van der Waals surface area contributed by atoms with Crippen molar-refractivity contribution in [3.8, 4) is 0 Å². The van der Waals surface area contributed by atoms with Crippen LogP contribution in [0.25, 0.3) is 0 Å². The van der Waals surface area contributed by atoms with E-state index in [9.17, 15) is 4.79 Å². The van der Waals surface area contributed by atoms with Gasteiger partial charge in [0.25, 0.3) is 0 Å². The zero-order valence-corrected chi connectivity index (χ0v) is 13.3. The molecule has 1 rings (SSSR count). The molecule has 1 amide bonds. The molecule has 4 nitrogen and oxygen atoms in total. The number of rotatable bonds is 9. The van der Waals surface area contributed by atoms with Crippen molar-refractivity contribution >= 4 is 11.6 Å². The number of likely N-dealkylation sites (tertiary alicyclic amines) is 1. The van der Waals surface area contributed by atoms with Gasteiger partial charge in [-0.25, -0.2) is 5.43 Å². The topological polar surface area (TPSA) is 44.7 Å². The molecular weight excluding hydrogens is 250 g/mol. The van der Waals surface area contributed by atoms with Gasteiger partial charge in [-0.05, 0) is 19.4 Å². The summed E-state index contributed by atoms with van der Waals surface area (Å²) in [7, 11) is 0. The van der Waals surface area contributed by atoms with Gasteiger partial charge < -0.3 is 4.90 Å². The molecule has 1 heterocycles. The van der Waals surface area contributed by atoms with Crippen molar-refractivity contribution in [1.29, 1.82) is 0 Å². The molecule has 1 fully saturated rings. The van der Waals surface area contributed by atoms with E-state index in [0.717, 1.165) is 44.5 Å². The number of nitrogens with zero attached hydrogens (tertiary/aromatic N) is 2. The fourth-order valence-electron chi connectivity index (χ4n) is 2.55. The molecule has 0 unspecified atom stereocenters. The quantitative estimate of drug-likeness (QED) is 0.520. The molecule has 0 bridgehead atoms. The summed E-state index contributed by atoms with van der Waals surface area (Å²) in [5, 5.41) is 4.28. The monoisotopic (exact) mass is 281 g/mol. The van der Waals surface area contributed by atoms with Gasteiger partial charge >= 0.3 is 0 Å². The van der Waals surface area contributed by atoms with E-state index >= 15 is 0 Å². The molecule has 0 aliphatic carbocycles. The molecule has 1 aliphatic rings. The van der Waals surface area contributed by atoms with Gasteiger partial charge in [0.15, 0.2) is 0 Å². The van der Waals surface area contributed by atoms with Crippen molar-refractivity contribution in [3.63, 3.8) is 0 Å². The molecule has 1 N–H and O–H groups in total. The lowest BCUT2D eigenvalue weighted by atomic mass is 10.1. The van der Waals surface area contributed by atoms with E-state index in [2.05, 4.69) is 29.3 Å². The van der Waals surface area contributed by atoms with Gasteiger partial charge in [-0.2, -0.15) is 5.10 Å². The Hall–Kier alpha value is -0.900. The number of piperidine rings is 1. The molecule has 1 saturated heterocycles. The second-order valence-corrected chi connectivity index (χ2v) is 5.72. The number of carbonyl (C=O) groups excluding carboxylic acids is 1. The third-order valence-corrected chi connectivity index (χ3v) is 3.82. The highest BCUT2D eigenvalue weighted by molar-refractivity contribution is 5.87. The number of nitrogens with one attached hydrogen (secondary N) is 1. The summed E-state index contributed by atoms with van der Waals surface area (Å²) in [4.78, 5) is 14.1. The minimum absolute atomic E-state index is 0.0741. The smallest absolute Gasteiger partial charge is 0.240 e. The highest BCUT2D eigenvalue weighted by Gasteiger charge is 2.14. The van der Waals surface area contributed by atoms with Crippen LogP contribution in [0.5, 0.6) is 0 Å². The van der Waals surface area contributed by atoms with Gasteiger partial charge in [0, 0.05) is 38.1 Å². The summed E-state index contributed by atoms with van der Waals surface area (Å²) < 4.78 is 0. The minimum Gasteiger partial charge on any atom is -0.303 e. The second kappa shape index (κ2) is 10.8. The largest absolute Gasteiger partial charge is 0.303 e. The maximum absolute atomic E-state index is 11.7. The van der Waals surface area contributed by atoms with Gasteiger partial charge in [-0.1, -0.05) is 39.5 Å². The number of carbonyl (C=O) groups is 1. The van der Waals surface area contributed by atoms with E-state index in [1.165, 1.54) is 32.2 Å². The Morgan fingerprint density at radius 2 is 1.80 bits per heavy atom. The van der Waals surface area contributed by atoms with Gasteiger partial charge in [-0.3, -0.25) is 4.79 Å². The average Bonchev–Trinajstić information content (AvgIpc) is 2.47. The van der Waals surface area contributed by atoms with Crippen LogP contribution in [0.2, 0.25) is 0 Å². The number of amides is 1. The molecule has 4 heteroatoms. The highest BCUT2D eigenvalue weighted by Crippen LogP contribution is 2.08. The summed E-state index contributed by atoms with van der Waals surface area (Å²) in [5.41, 5.74) is 3.87. The first kappa shape index (κ1) is 17.2. The van der Waals surface area contributed by atoms with Crippen LogP contribution in [0.15, 0.2) is 5.10 Å². The molecule has 1 aliphatic heterocycles. The standard InChI is InChI=1S/C16H31N3O/c1-3-5-6-7-8-9-16(20)18-17-15-10-13-19(12-4-2)14-11-15/h3-14H2,1-2H3,(H,18,20). The predicted octanol–water partition coefficient (Wildman–Crippen LogP) is 3.32. The zero-order valence-electron chi connectivity index (χ0n) is 13.3. The Bertz CT molecular complexity index is 292. The summed E-state index contributed by atoms with van der Waals surface area (Å²) in [6.07, 6.45) is 9.72. The zero-order chi connectivity index (χ0) is 14.6. The van der Waals surface area contributed by atoms with Crippen molar-refractivity contribution < 1.29 is 4.79 Å². The van der Waals surface area contributed by atoms with Crippen molar-refractivity contribution in [2.24, 2.45) is 5.10 Å². The fourth-order valence-corrected chi connectivity index (χ4v) is 2.55. The van der Waals surface area contributed by atoms with E-state index in [1.807, 2.05) is 0 Å². The first-order valence-electron chi connectivity index (χ1n) is 8.32. The lowest BCUT2D eigenvalue weighted by molar-refractivity contribution is -0.121. The van der Waals surface area contributed by atoms with E-state index < -0.39 is 0 Å². The van der Waals surface area contributed by atoms with Crippen LogP contribution in [-0.4, -0.2) is 36.2 Å². The van der Waals surface area contributed by atoms with E-state index in [0.29, 0.717) is 6.42 Å². The normalized spacial score (nSPS) is 16.2. The predicted molar refractivity (Wildman–Crippen MR) is 84.9 cm³/mol. The van der Waals surface area contributed by atoms with E-state index in [1.54, 1.807) is 0 Å². The van der Waals surface area contributed by atoms with Crippen LogP contribution in [-0.2, 0) is 4.79 Å². The maximum atomic E-state index is 11.7. The lowest BCUT2D eigenvalue weighted by Crippen LogP contribution is -2.35. The second-order valence-electron chi connectivity index (χ2n) is 5.72. The Morgan fingerprint density at radius 3 is 2.45 bits per heavy atom. The molecule has 0 aromatic rings. The molecule has 0 spiro atoms. The first-order valence-corrected chi connectivity index (χ1v) is 8.32. The lowest BCUT2D eigenvalue weighted by Gasteiger charge is -2.26. The van der Waals surface area contributed by atoms with Crippen LogP contribution in [0.1, 0.15) is 71.6 Å². The fraction of sp³-hybridized carbons (Fsp3) is 0.875. The summed E-state index contributed by atoms with van der Waals surface area (Å²) in [5.74, 6) is 0.0741. The van der Waals surface area contributed by atoms with Gasteiger partial charge in [0.2, 0.25) is 5.91 Å². The molecule has 116 valence electrons. The molecule has 20 heavy (non-hydrogen) atoms.